The Labute approximate surface area is 117 Å². The topological polar surface area (TPSA) is 29.9 Å². The molecule has 2 rings (SSSR count). The van der Waals surface area contributed by atoms with Crippen LogP contribution in [0.15, 0.2) is 6.07 Å². The van der Waals surface area contributed by atoms with Gasteiger partial charge in [-0.25, -0.2) is 0 Å². The minimum Gasteiger partial charge on any atom is -0.313 e. The van der Waals surface area contributed by atoms with Crippen LogP contribution in [0.2, 0.25) is 0 Å². The van der Waals surface area contributed by atoms with E-state index in [-0.39, 0.29) is 0 Å². The van der Waals surface area contributed by atoms with E-state index < -0.39 is 0 Å². The second-order valence-corrected chi connectivity index (χ2v) is 6.47. The largest absolute Gasteiger partial charge is 0.313 e. The van der Waals surface area contributed by atoms with Crippen molar-refractivity contribution in [2.45, 2.75) is 65.3 Å². The van der Waals surface area contributed by atoms with Crippen LogP contribution in [0.4, 0.5) is 0 Å². The Morgan fingerprint density at radius 3 is 2.63 bits per heavy atom. The predicted octanol–water partition coefficient (Wildman–Crippen LogP) is 3.22. The van der Waals surface area contributed by atoms with E-state index in [9.17, 15) is 0 Å². The van der Waals surface area contributed by atoms with Gasteiger partial charge in [-0.3, -0.25) is 4.68 Å². The van der Waals surface area contributed by atoms with Gasteiger partial charge in [0.15, 0.2) is 0 Å². The molecule has 1 saturated carbocycles. The van der Waals surface area contributed by atoms with Crippen molar-refractivity contribution in [3.05, 3.63) is 17.5 Å². The van der Waals surface area contributed by atoms with Gasteiger partial charge in [-0.05, 0) is 44.2 Å². The first-order valence-electron chi connectivity index (χ1n) is 7.78. The summed E-state index contributed by atoms with van der Waals surface area (Å²) in [6.07, 6.45) is 7.83. The summed E-state index contributed by atoms with van der Waals surface area (Å²) in [6, 6.07) is 2.82. The molecule has 1 aliphatic carbocycles. The van der Waals surface area contributed by atoms with Gasteiger partial charge in [-0.15, -0.1) is 0 Å². The van der Waals surface area contributed by atoms with Crippen molar-refractivity contribution in [2.75, 3.05) is 6.54 Å². The van der Waals surface area contributed by atoms with Crippen LogP contribution in [0.25, 0.3) is 0 Å². The summed E-state index contributed by atoms with van der Waals surface area (Å²) in [5.74, 6) is 0. The van der Waals surface area contributed by atoms with Gasteiger partial charge >= 0.3 is 0 Å². The van der Waals surface area contributed by atoms with Crippen LogP contribution < -0.4 is 5.32 Å². The summed E-state index contributed by atoms with van der Waals surface area (Å²) in [5.41, 5.74) is 2.95. The monoisotopic (exact) mass is 263 g/mol. The number of rotatable bonds is 6. The van der Waals surface area contributed by atoms with Crippen LogP contribution in [0.3, 0.4) is 0 Å². The predicted molar refractivity (Wildman–Crippen MR) is 80.3 cm³/mol. The van der Waals surface area contributed by atoms with Gasteiger partial charge in [-0.1, -0.05) is 26.7 Å². The van der Waals surface area contributed by atoms with E-state index in [1.54, 1.807) is 0 Å². The quantitative estimate of drug-likeness (QED) is 0.854. The Morgan fingerprint density at radius 1 is 1.42 bits per heavy atom. The highest BCUT2D eigenvalue weighted by Crippen LogP contribution is 2.41. The third-order valence-electron chi connectivity index (χ3n) is 4.74. The number of nitrogens with zero attached hydrogens (tertiary/aromatic N) is 2. The highest BCUT2D eigenvalue weighted by Gasteiger charge is 2.36. The van der Waals surface area contributed by atoms with Crippen LogP contribution in [0.1, 0.15) is 57.3 Å². The standard InChI is InChI=1S/C16H29N3/c1-5-10-17-15(16(3)8-6-7-9-16)12-14-11-13(2)18-19(14)4/h11,15,17H,5-10,12H2,1-4H3. The smallest absolute Gasteiger partial charge is 0.0596 e. The molecule has 0 aromatic carbocycles. The fraction of sp³-hybridized carbons (Fsp3) is 0.812. The van der Waals surface area contributed by atoms with Crippen LogP contribution in [-0.4, -0.2) is 22.4 Å². The van der Waals surface area contributed by atoms with Gasteiger partial charge in [0, 0.05) is 25.2 Å². The molecule has 0 bridgehead atoms. The molecule has 3 nitrogen and oxygen atoms in total. The van der Waals surface area contributed by atoms with E-state index >= 15 is 0 Å². The Bertz CT molecular complexity index is 402. The van der Waals surface area contributed by atoms with Crippen LogP contribution in [0, 0.1) is 12.3 Å². The number of hydrogen-bond donors (Lipinski definition) is 1. The van der Waals surface area contributed by atoms with Crippen molar-refractivity contribution in [1.82, 2.24) is 15.1 Å². The summed E-state index contributed by atoms with van der Waals surface area (Å²) < 4.78 is 2.05. The van der Waals surface area contributed by atoms with Crippen LogP contribution >= 0.6 is 0 Å². The van der Waals surface area contributed by atoms with Crippen molar-refractivity contribution in [3.63, 3.8) is 0 Å². The molecule has 0 amide bonds. The molecule has 19 heavy (non-hydrogen) atoms. The van der Waals surface area contributed by atoms with Crippen molar-refractivity contribution >= 4 is 0 Å². The fourth-order valence-electron chi connectivity index (χ4n) is 3.48. The van der Waals surface area contributed by atoms with Gasteiger partial charge in [0.25, 0.3) is 0 Å². The summed E-state index contributed by atoms with van der Waals surface area (Å²) in [5, 5.41) is 8.28. The van der Waals surface area contributed by atoms with Crippen molar-refractivity contribution in [2.24, 2.45) is 12.5 Å². The maximum Gasteiger partial charge on any atom is 0.0596 e. The van der Waals surface area contributed by atoms with Gasteiger partial charge in [0.05, 0.1) is 5.69 Å². The molecule has 1 heterocycles. The highest BCUT2D eigenvalue weighted by atomic mass is 15.3. The minimum absolute atomic E-state index is 0.466. The SMILES string of the molecule is CCCNC(Cc1cc(C)nn1C)C1(C)CCCC1. The molecular weight excluding hydrogens is 234 g/mol. The second-order valence-electron chi connectivity index (χ2n) is 6.47. The normalized spacial score (nSPS) is 19.8. The molecule has 3 heteroatoms. The molecule has 1 N–H and O–H groups in total. The highest BCUT2D eigenvalue weighted by molar-refractivity contribution is 5.11. The van der Waals surface area contributed by atoms with Gasteiger partial charge in [-0.2, -0.15) is 5.10 Å². The first-order chi connectivity index (χ1) is 9.05. The van der Waals surface area contributed by atoms with Gasteiger partial charge in [0.1, 0.15) is 0 Å². The molecule has 0 saturated heterocycles. The average molecular weight is 263 g/mol. The lowest BCUT2D eigenvalue weighted by Crippen LogP contribution is -2.44. The second kappa shape index (κ2) is 6.08. The molecule has 1 aromatic heterocycles. The molecule has 108 valence electrons. The zero-order valence-electron chi connectivity index (χ0n) is 13.0. The third kappa shape index (κ3) is 3.38. The van der Waals surface area contributed by atoms with Crippen LogP contribution in [-0.2, 0) is 13.5 Å². The zero-order chi connectivity index (χ0) is 13.9. The summed E-state index contributed by atoms with van der Waals surface area (Å²) in [6.45, 7) is 7.91. The fourth-order valence-corrected chi connectivity index (χ4v) is 3.48. The van der Waals surface area contributed by atoms with Gasteiger partial charge < -0.3 is 5.32 Å². The molecular formula is C16H29N3. The lowest BCUT2D eigenvalue weighted by atomic mass is 9.78. The molecule has 1 fully saturated rings. The summed E-state index contributed by atoms with van der Waals surface area (Å²) in [4.78, 5) is 0. The molecule has 1 atom stereocenters. The van der Waals surface area contributed by atoms with E-state index in [1.807, 2.05) is 4.68 Å². The van der Waals surface area contributed by atoms with Gasteiger partial charge in [0.2, 0.25) is 0 Å². The van der Waals surface area contributed by atoms with E-state index in [0.29, 0.717) is 11.5 Å². The number of aryl methyl sites for hydroxylation is 2. The maximum atomic E-state index is 4.48. The minimum atomic E-state index is 0.466. The number of nitrogens with one attached hydrogen (secondary N) is 1. The Balaban J connectivity index is 2.11. The Kier molecular flexibility index (Phi) is 4.67. The molecule has 1 unspecified atom stereocenters. The molecule has 1 aliphatic rings. The van der Waals surface area contributed by atoms with Crippen molar-refractivity contribution in [3.8, 4) is 0 Å². The Morgan fingerprint density at radius 2 is 2.11 bits per heavy atom. The lowest BCUT2D eigenvalue weighted by Gasteiger charge is -2.35. The first kappa shape index (κ1) is 14.6. The van der Waals surface area contributed by atoms with Crippen molar-refractivity contribution in [1.29, 1.82) is 0 Å². The van der Waals surface area contributed by atoms with E-state index in [2.05, 4.69) is 44.3 Å². The average Bonchev–Trinajstić information content (AvgIpc) is 2.92. The molecule has 0 aliphatic heterocycles. The summed E-state index contributed by atoms with van der Waals surface area (Å²) >= 11 is 0. The molecule has 1 aromatic rings. The Hall–Kier alpha value is -0.830. The van der Waals surface area contributed by atoms with E-state index in [0.717, 1.165) is 18.7 Å². The first-order valence-corrected chi connectivity index (χ1v) is 7.78. The lowest BCUT2D eigenvalue weighted by molar-refractivity contribution is 0.217. The third-order valence-corrected chi connectivity index (χ3v) is 4.74. The number of hydrogen-bond acceptors (Lipinski definition) is 2. The van der Waals surface area contributed by atoms with Crippen molar-refractivity contribution < 1.29 is 0 Å². The van der Waals surface area contributed by atoms with E-state index in [1.165, 1.54) is 37.8 Å². The van der Waals surface area contributed by atoms with E-state index in [4.69, 9.17) is 0 Å². The molecule has 0 spiro atoms. The zero-order valence-corrected chi connectivity index (χ0v) is 13.0. The number of aromatic nitrogens is 2. The maximum absolute atomic E-state index is 4.48. The summed E-state index contributed by atoms with van der Waals surface area (Å²) in [7, 11) is 2.07. The molecule has 0 radical (unpaired) electrons. The van der Waals surface area contributed by atoms with Crippen LogP contribution in [0.5, 0.6) is 0 Å².